The molecule has 2 aliphatic rings. The number of hydrogen-bond donors (Lipinski definition) is 1. The molecule has 0 spiro atoms. The molecule has 2 aliphatic heterocycles. The van der Waals surface area contributed by atoms with E-state index < -0.39 is 0 Å². The average Bonchev–Trinajstić information content (AvgIpc) is 3.51. The first-order chi connectivity index (χ1) is 22.4. The number of aryl methyl sites for hydroxylation is 2. The smallest absolute Gasteiger partial charge is 0.261 e. The topological polar surface area (TPSA) is 115 Å². The number of likely N-dealkylation sites (N-methyl/N-ethyl adjacent to an activating group) is 1. The number of morpholine rings is 2. The number of hydrogen-bond acceptors (Lipinski definition) is 10. The molecule has 46 heavy (non-hydrogen) atoms. The predicted octanol–water partition coefficient (Wildman–Crippen LogP) is 3.64. The number of pyridine rings is 2. The maximum atomic E-state index is 14.3. The molecule has 5 aromatic rings. The molecule has 7 rings (SSSR count). The van der Waals surface area contributed by atoms with E-state index in [0.717, 1.165) is 66.2 Å². The first-order valence-electron chi connectivity index (χ1n) is 15.8. The highest BCUT2D eigenvalue weighted by Crippen LogP contribution is 2.27. The van der Waals surface area contributed by atoms with E-state index in [-0.39, 0.29) is 11.7 Å². The standard InChI is InChI=1S/C34H39N9O3/c1-23-4-9-29(26-20-36-41(3)21-26)38-31(23)28-18-25-19-35-34(37-27-7-5-24(6-8-27)30-22-40(2)12-17-46-30)39-32(25)43(33(28)44)11-10-42-13-15-45-16-14-42/h4-9,18-21,30H,10-17,22H2,1-3H3,(H,35,37,39). The molecule has 12 nitrogen and oxygen atoms in total. The minimum atomic E-state index is -0.133. The van der Waals surface area contributed by atoms with E-state index in [9.17, 15) is 4.79 Å². The third-order valence-electron chi connectivity index (χ3n) is 8.73. The van der Waals surface area contributed by atoms with Crippen LogP contribution in [0, 0.1) is 6.92 Å². The van der Waals surface area contributed by atoms with Gasteiger partial charge >= 0.3 is 0 Å². The molecule has 1 aromatic carbocycles. The molecular formula is C34H39N9O3. The lowest BCUT2D eigenvalue weighted by molar-refractivity contribution is -0.0208. The summed E-state index contributed by atoms with van der Waals surface area (Å²) in [5.41, 5.74) is 6.17. The third kappa shape index (κ3) is 6.42. The molecule has 0 aliphatic carbocycles. The fourth-order valence-electron chi connectivity index (χ4n) is 6.07. The van der Waals surface area contributed by atoms with Gasteiger partial charge in [0, 0.05) is 75.3 Å². The summed E-state index contributed by atoms with van der Waals surface area (Å²) < 4.78 is 15.0. The van der Waals surface area contributed by atoms with Crippen molar-refractivity contribution < 1.29 is 9.47 Å². The van der Waals surface area contributed by atoms with E-state index in [1.165, 1.54) is 0 Å². The number of rotatable bonds is 8. The zero-order valence-corrected chi connectivity index (χ0v) is 26.5. The Morgan fingerprint density at radius 2 is 1.78 bits per heavy atom. The number of aromatic nitrogens is 6. The summed E-state index contributed by atoms with van der Waals surface area (Å²) in [5.74, 6) is 0.425. The van der Waals surface area contributed by atoms with Crippen molar-refractivity contribution in [1.29, 1.82) is 0 Å². The van der Waals surface area contributed by atoms with Gasteiger partial charge in [0.15, 0.2) is 0 Å². The minimum absolute atomic E-state index is 0.0583. The largest absolute Gasteiger partial charge is 0.379 e. The van der Waals surface area contributed by atoms with Gasteiger partial charge in [-0.05, 0) is 49.4 Å². The number of nitrogens with one attached hydrogen (secondary N) is 1. The second-order valence-electron chi connectivity index (χ2n) is 12.1. The lowest BCUT2D eigenvalue weighted by Crippen LogP contribution is -2.39. The highest BCUT2D eigenvalue weighted by Gasteiger charge is 2.21. The van der Waals surface area contributed by atoms with Crippen molar-refractivity contribution in [3.05, 3.63) is 82.5 Å². The predicted molar refractivity (Wildman–Crippen MR) is 177 cm³/mol. The molecule has 1 unspecified atom stereocenters. The Bertz CT molecular complexity index is 1900. The molecule has 0 bridgehead atoms. The van der Waals surface area contributed by atoms with Crippen molar-refractivity contribution in [2.75, 3.05) is 64.9 Å². The summed E-state index contributed by atoms with van der Waals surface area (Å²) in [6.07, 6.45) is 5.53. The molecule has 0 radical (unpaired) electrons. The summed E-state index contributed by atoms with van der Waals surface area (Å²) in [4.78, 5) is 33.4. The molecule has 2 fully saturated rings. The van der Waals surface area contributed by atoms with Crippen molar-refractivity contribution in [3.63, 3.8) is 0 Å². The molecule has 1 N–H and O–H groups in total. The van der Waals surface area contributed by atoms with Crippen LogP contribution in [-0.4, -0.2) is 98.7 Å². The highest BCUT2D eigenvalue weighted by atomic mass is 16.5. The lowest BCUT2D eigenvalue weighted by Gasteiger charge is -2.30. The number of ether oxygens (including phenoxy) is 2. The molecule has 1 atom stereocenters. The Hall–Kier alpha value is -4.49. The monoisotopic (exact) mass is 621 g/mol. The van der Waals surface area contributed by atoms with Gasteiger partial charge in [-0.1, -0.05) is 18.2 Å². The first-order valence-corrected chi connectivity index (χ1v) is 15.8. The summed E-state index contributed by atoms with van der Waals surface area (Å²) in [7, 11) is 3.99. The molecule has 2 saturated heterocycles. The summed E-state index contributed by atoms with van der Waals surface area (Å²) in [6.45, 7) is 8.76. The Morgan fingerprint density at radius 1 is 0.957 bits per heavy atom. The maximum Gasteiger partial charge on any atom is 0.261 e. The minimum Gasteiger partial charge on any atom is -0.379 e. The third-order valence-corrected chi connectivity index (χ3v) is 8.73. The summed E-state index contributed by atoms with van der Waals surface area (Å²) in [6, 6.07) is 14.0. The van der Waals surface area contributed by atoms with Gasteiger partial charge in [0.2, 0.25) is 5.95 Å². The highest BCUT2D eigenvalue weighted by molar-refractivity contribution is 5.82. The number of benzene rings is 1. The van der Waals surface area contributed by atoms with Crippen LogP contribution >= 0.6 is 0 Å². The van der Waals surface area contributed by atoms with Crippen molar-refractivity contribution in [2.24, 2.45) is 7.05 Å². The van der Waals surface area contributed by atoms with Crippen LogP contribution in [0.4, 0.5) is 11.6 Å². The second-order valence-corrected chi connectivity index (χ2v) is 12.1. The van der Waals surface area contributed by atoms with Crippen LogP contribution < -0.4 is 10.9 Å². The van der Waals surface area contributed by atoms with Crippen LogP contribution in [0.2, 0.25) is 0 Å². The van der Waals surface area contributed by atoms with Crippen molar-refractivity contribution in [2.45, 2.75) is 19.6 Å². The van der Waals surface area contributed by atoms with Gasteiger partial charge in [-0.15, -0.1) is 0 Å². The summed E-state index contributed by atoms with van der Waals surface area (Å²) in [5, 5.41) is 8.39. The fourth-order valence-corrected chi connectivity index (χ4v) is 6.07. The Kier molecular flexibility index (Phi) is 8.59. The van der Waals surface area contributed by atoms with E-state index >= 15 is 0 Å². The normalized spacial score (nSPS) is 17.8. The van der Waals surface area contributed by atoms with Crippen LogP contribution in [-0.2, 0) is 23.1 Å². The van der Waals surface area contributed by atoms with Gasteiger partial charge in [-0.2, -0.15) is 10.1 Å². The van der Waals surface area contributed by atoms with Gasteiger partial charge in [0.1, 0.15) is 5.65 Å². The molecule has 238 valence electrons. The summed E-state index contributed by atoms with van der Waals surface area (Å²) >= 11 is 0. The zero-order valence-electron chi connectivity index (χ0n) is 26.5. The first kappa shape index (κ1) is 30.2. The van der Waals surface area contributed by atoms with Gasteiger partial charge in [-0.3, -0.25) is 18.9 Å². The number of fused-ring (bicyclic) bond motifs is 1. The van der Waals surface area contributed by atoms with E-state index in [0.29, 0.717) is 49.2 Å². The van der Waals surface area contributed by atoms with Crippen LogP contribution in [0.15, 0.2) is 65.8 Å². The van der Waals surface area contributed by atoms with E-state index in [4.69, 9.17) is 19.4 Å². The molecule has 0 saturated carbocycles. The Balaban J connectivity index is 1.23. The zero-order chi connectivity index (χ0) is 31.6. The van der Waals surface area contributed by atoms with Gasteiger partial charge < -0.3 is 19.7 Å². The fraction of sp³-hybridized carbons (Fsp3) is 0.382. The lowest BCUT2D eigenvalue weighted by atomic mass is 10.1. The van der Waals surface area contributed by atoms with E-state index in [2.05, 4.69) is 44.4 Å². The van der Waals surface area contributed by atoms with Gasteiger partial charge in [-0.25, -0.2) is 9.97 Å². The van der Waals surface area contributed by atoms with Crippen molar-refractivity contribution >= 4 is 22.7 Å². The molecule has 6 heterocycles. The maximum absolute atomic E-state index is 14.3. The molecule has 12 heteroatoms. The van der Waals surface area contributed by atoms with Crippen molar-refractivity contribution in [1.82, 2.24) is 39.1 Å². The SMILES string of the molecule is Cc1ccc(-c2cnn(C)c2)nc1-c1cc2cnc(Nc3ccc(C4CN(C)CCO4)cc3)nc2n(CCN2CCOCC2)c1=O. The Labute approximate surface area is 267 Å². The second kappa shape index (κ2) is 13.1. The average molecular weight is 622 g/mol. The van der Waals surface area contributed by atoms with E-state index in [1.54, 1.807) is 21.6 Å². The van der Waals surface area contributed by atoms with Crippen LogP contribution in [0.5, 0.6) is 0 Å². The van der Waals surface area contributed by atoms with Crippen LogP contribution in [0.3, 0.4) is 0 Å². The molecular weight excluding hydrogens is 582 g/mol. The number of nitrogens with zero attached hydrogens (tertiary/aromatic N) is 8. The quantitative estimate of drug-likeness (QED) is 0.275. The molecule has 4 aromatic heterocycles. The van der Waals surface area contributed by atoms with Gasteiger partial charge in [0.05, 0.1) is 49.1 Å². The Morgan fingerprint density at radius 3 is 2.54 bits per heavy atom. The number of anilines is 2. The molecule has 0 amide bonds. The van der Waals surface area contributed by atoms with Crippen LogP contribution in [0.25, 0.3) is 33.5 Å². The van der Waals surface area contributed by atoms with Gasteiger partial charge in [0.25, 0.3) is 5.56 Å². The van der Waals surface area contributed by atoms with E-state index in [1.807, 2.05) is 50.5 Å². The van der Waals surface area contributed by atoms with Crippen molar-refractivity contribution in [3.8, 4) is 22.5 Å². The van der Waals surface area contributed by atoms with Crippen LogP contribution in [0.1, 0.15) is 17.2 Å².